The summed E-state index contributed by atoms with van der Waals surface area (Å²) >= 11 is 3.55. The van der Waals surface area contributed by atoms with Crippen LogP contribution in [0.1, 0.15) is 30.9 Å². The lowest BCUT2D eigenvalue weighted by Crippen LogP contribution is -2.36. The second-order valence-corrected chi connectivity index (χ2v) is 5.64. The van der Waals surface area contributed by atoms with Gasteiger partial charge in [-0.05, 0) is 61.9 Å². The molecule has 0 aliphatic heterocycles. The minimum atomic E-state index is 0.678. The van der Waals surface area contributed by atoms with Gasteiger partial charge >= 0.3 is 0 Å². The van der Waals surface area contributed by atoms with Gasteiger partial charge in [-0.2, -0.15) is 0 Å². The molecule has 1 nitrogen and oxygen atoms in total. The second kappa shape index (κ2) is 5.33. The summed E-state index contributed by atoms with van der Waals surface area (Å²) in [5.41, 5.74) is 3.09. The summed E-state index contributed by atoms with van der Waals surface area (Å²) < 4.78 is 1.21. The predicted molar refractivity (Wildman–Crippen MR) is 72.8 cm³/mol. The van der Waals surface area contributed by atoms with Gasteiger partial charge < -0.3 is 5.32 Å². The Morgan fingerprint density at radius 3 is 2.94 bits per heavy atom. The third-order valence-electron chi connectivity index (χ3n) is 3.81. The fourth-order valence-corrected chi connectivity index (χ4v) is 3.28. The number of aryl methyl sites for hydroxylation is 1. The van der Waals surface area contributed by atoms with E-state index >= 15 is 0 Å². The minimum absolute atomic E-state index is 0.678. The molecule has 1 N–H and O–H groups in total. The number of halogens is 1. The molecule has 1 aliphatic carbocycles. The highest BCUT2D eigenvalue weighted by Crippen LogP contribution is 2.30. The summed E-state index contributed by atoms with van der Waals surface area (Å²) in [7, 11) is 2.09. The lowest BCUT2D eigenvalue weighted by molar-refractivity contribution is 0.327. The summed E-state index contributed by atoms with van der Waals surface area (Å²) in [6, 6.07) is 7.42. The molecule has 2 rings (SSSR count). The Morgan fingerprint density at radius 2 is 2.25 bits per heavy atom. The second-order valence-electron chi connectivity index (χ2n) is 4.72. The topological polar surface area (TPSA) is 12.0 Å². The van der Waals surface area contributed by atoms with Gasteiger partial charge in [0.25, 0.3) is 0 Å². The van der Waals surface area contributed by atoms with Crippen LogP contribution in [0.15, 0.2) is 22.7 Å². The Hall–Kier alpha value is -0.340. The van der Waals surface area contributed by atoms with Gasteiger partial charge in [0.05, 0.1) is 0 Å². The van der Waals surface area contributed by atoms with Crippen LogP contribution < -0.4 is 5.32 Å². The molecule has 1 aromatic carbocycles. The van der Waals surface area contributed by atoms with E-state index < -0.39 is 0 Å². The molecule has 2 unspecified atom stereocenters. The number of hydrogen-bond acceptors (Lipinski definition) is 1. The van der Waals surface area contributed by atoms with Gasteiger partial charge in [-0.1, -0.05) is 28.9 Å². The van der Waals surface area contributed by atoms with Crippen molar-refractivity contribution in [3.05, 3.63) is 33.8 Å². The van der Waals surface area contributed by atoms with Crippen molar-refractivity contribution < 1.29 is 0 Å². The monoisotopic (exact) mass is 281 g/mol. The van der Waals surface area contributed by atoms with E-state index in [1.54, 1.807) is 5.56 Å². The zero-order valence-corrected chi connectivity index (χ0v) is 11.7. The standard InChI is InChI=1S/C14H20BrN/c1-3-14(16-2)12-5-4-11-9-13(15)7-6-10(11)8-12/h6-7,9,12,14,16H,3-5,8H2,1-2H3. The van der Waals surface area contributed by atoms with Crippen LogP contribution in [0.3, 0.4) is 0 Å². The van der Waals surface area contributed by atoms with Crippen LogP contribution in [-0.4, -0.2) is 13.1 Å². The third kappa shape index (κ3) is 2.49. The third-order valence-corrected chi connectivity index (χ3v) is 4.31. The first-order valence-electron chi connectivity index (χ1n) is 6.19. The van der Waals surface area contributed by atoms with Crippen molar-refractivity contribution in [3.8, 4) is 0 Å². The van der Waals surface area contributed by atoms with Gasteiger partial charge in [-0.25, -0.2) is 0 Å². The molecule has 0 amide bonds. The van der Waals surface area contributed by atoms with Crippen LogP contribution in [0.5, 0.6) is 0 Å². The van der Waals surface area contributed by atoms with Crippen LogP contribution in [0.25, 0.3) is 0 Å². The Labute approximate surface area is 107 Å². The van der Waals surface area contributed by atoms with Crippen LogP contribution in [0.2, 0.25) is 0 Å². The number of nitrogens with one attached hydrogen (secondary N) is 1. The predicted octanol–water partition coefficient (Wildman–Crippen LogP) is 3.55. The van der Waals surface area contributed by atoms with E-state index in [9.17, 15) is 0 Å². The largest absolute Gasteiger partial charge is 0.317 e. The van der Waals surface area contributed by atoms with Crippen molar-refractivity contribution in [1.82, 2.24) is 5.32 Å². The molecule has 0 aromatic heterocycles. The number of hydrogen-bond donors (Lipinski definition) is 1. The van der Waals surface area contributed by atoms with Gasteiger partial charge in [0.15, 0.2) is 0 Å². The van der Waals surface area contributed by atoms with Crippen molar-refractivity contribution in [2.24, 2.45) is 5.92 Å². The first-order chi connectivity index (χ1) is 7.74. The fourth-order valence-electron chi connectivity index (χ4n) is 2.87. The van der Waals surface area contributed by atoms with Crippen LogP contribution in [-0.2, 0) is 12.8 Å². The van der Waals surface area contributed by atoms with Crippen molar-refractivity contribution in [3.63, 3.8) is 0 Å². The van der Waals surface area contributed by atoms with E-state index in [1.165, 1.54) is 35.7 Å². The molecule has 0 radical (unpaired) electrons. The van der Waals surface area contributed by atoms with Gasteiger partial charge in [-0.15, -0.1) is 0 Å². The minimum Gasteiger partial charge on any atom is -0.317 e. The fraction of sp³-hybridized carbons (Fsp3) is 0.571. The molecule has 16 heavy (non-hydrogen) atoms. The molecular formula is C14H20BrN. The normalized spacial score (nSPS) is 21.6. The quantitative estimate of drug-likeness (QED) is 0.894. The van der Waals surface area contributed by atoms with E-state index in [-0.39, 0.29) is 0 Å². The van der Waals surface area contributed by atoms with Crippen molar-refractivity contribution in [1.29, 1.82) is 0 Å². The molecule has 88 valence electrons. The highest BCUT2D eigenvalue weighted by Gasteiger charge is 2.24. The Bertz CT molecular complexity index is 358. The summed E-state index contributed by atoms with van der Waals surface area (Å²) in [6.07, 6.45) is 5.02. The van der Waals surface area contributed by atoms with Crippen LogP contribution in [0, 0.1) is 5.92 Å². The summed E-state index contributed by atoms with van der Waals surface area (Å²) in [5.74, 6) is 0.809. The van der Waals surface area contributed by atoms with Crippen molar-refractivity contribution in [2.45, 2.75) is 38.6 Å². The Morgan fingerprint density at radius 1 is 1.44 bits per heavy atom. The summed E-state index contributed by atoms with van der Waals surface area (Å²) in [5, 5.41) is 3.45. The summed E-state index contributed by atoms with van der Waals surface area (Å²) in [4.78, 5) is 0. The zero-order valence-electron chi connectivity index (χ0n) is 10.1. The van der Waals surface area contributed by atoms with Gasteiger partial charge in [0.1, 0.15) is 0 Å². The Kier molecular flexibility index (Phi) is 4.04. The molecule has 1 aliphatic rings. The first-order valence-corrected chi connectivity index (χ1v) is 6.98. The van der Waals surface area contributed by atoms with E-state index in [4.69, 9.17) is 0 Å². The molecular weight excluding hydrogens is 262 g/mol. The number of rotatable bonds is 3. The van der Waals surface area contributed by atoms with E-state index in [0.717, 1.165) is 5.92 Å². The molecule has 0 saturated carbocycles. The maximum Gasteiger partial charge on any atom is 0.0178 e. The molecule has 0 spiro atoms. The maximum atomic E-state index is 3.55. The first kappa shape index (κ1) is 12.1. The molecule has 2 heteroatoms. The van der Waals surface area contributed by atoms with Crippen molar-refractivity contribution in [2.75, 3.05) is 7.05 Å². The van der Waals surface area contributed by atoms with E-state index in [0.29, 0.717) is 6.04 Å². The van der Waals surface area contributed by atoms with Crippen LogP contribution in [0.4, 0.5) is 0 Å². The zero-order chi connectivity index (χ0) is 11.5. The average Bonchev–Trinajstić information content (AvgIpc) is 2.31. The molecule has 0 saturated heterocycles. The highest BCUT2D eigenvalue weighted by atomic mass is 79.9. The average molecular weight is 282 g/mol. The van der Waals surface area contributed by atoms with E-state index in [2.05, 4.69) is 53.4 Å². The Balaban J connectivity index is 2.14. The SMILES string of the molecule is CCC(NC)C1CCc2cc(Br)ccc2C1. The van der Waals surface area contributed by atoms with Crippen molar-refractivity contribution >= 4 is 15.9 Å². The smallest absolute Gasteiger partial charge is 0.0178 e. The highest BCUT2D eigenvalue weighted by molar-refractivity contribution is 9.10. The van der Waals surface area contributed by atoms with Gasteiger partial charge in [0.2, 0.25) is 0 Å². The number of fused-ring (bicyclic) bond motifs is 1. The molecule has 0 fully saturated rings. The van der Waals surface area contributed by atoms with E-state index in [1.807, 2.05) is 0 Å². The molecule has 0 heterocycles. The summed E-state index contributed by atoms with van der Waals surface area (Å²) in [6.45, 7) is 2.28. The van der Waals surface area contributed by atoms with Crippen LogP contribution >= 0.6 is 15.9 Å². The number of benzene rings is 1. The molecule has 1 aromatic rings. The molecule has 0 bridgehead atoms. The van der Waals surface area contributed by atoms with Gasteiger partial charge in [0, 0.05) is 10.5 Å². The maximum absolute atomic E-state index is 3.55. The molecule has 2 atom stereocenters. The lowest BCUT2D eigenvalue weighted by Gasteiger charge is -2.31. The van der Waals surface area contributed by atoms with Gasteiger partial charge in [-0.3, -0.25) is 0 Å². The lowest BCUT2D eigenvalue weighted by atomic mass is 9.79.